The first kappa shape index (κ1) is 25.3. The molecule has 2 heterocycles. The highest BCUT2D eigenvalue weighted by Crippen LogP contribution is 2.40. The molecule has 0 radical (unpaired) electrons. The molecule has 1 saturated carbocycles. The number of hydrogen-bond acceptors (Lipinski definition) is 5. The molecule has 0 spiro atoms. The number of carbonyl (C=O) groups is 1. The Kier molecular flexibility index (Phi) is 7.51. The lowest BCUT2D eigenvalue weighted by atomic mass is 9.86. The van der Waals surface area contributed by atoms with Crippen molar-refractivity contribution in [2.24, 2.45) is 5.92 Å². The molecular formula is C30H35N3O3S. The highest BCUT2D eigenvalue weighted by molar-refractivity contribution is 7.16. The van der Waals surface area contributed by atoms with Crippen molar-refractivity contribution < 1.29 is 14.3 Å². The number of ether oxygens (including phenoxy) is 2. The maximum absolute atomic E-state index is 13.2. The molecule has 1 aliphatic carbocycles. The predicted molar refractivity (Wildman–Crippen MR) is 151 cm³/mol. The maximum atomic E-state index is 13.2. The second-order valence-corrected chi connectivity index (χ2v) is 11.2. The summed E-state index contributed by atoms with van der Waals surface area (Å²) >= 11 is 1.56. The molecule has 1 amide bonds. The summed E-state index contributed by atoms with van der Waals surface area (Å²) in [6, 6.07) is 11.9. The van der Waals surface area contributed by atoms with Gasteiger partial charge in [-0.05, 0) is 68.5 Å². The van der Waals surface area contributed by atoms with Crippen LogP contribution in [0.4, 0.5) is 5.13 Å². The maximum Gasteiger partial charge on any atom is 0.273 e. The second kappa shape index (κ2) is 11.0. The number of amides is 1. The third-order valence-corrected chi connectivity index (χ3v) is 8.43. The summed E-state index contributed by atoms with van der Waals surface area (Å²) in [5, 5.41) is 4.68. The minimum absolute atomic E-state index is 0.190. The number of methoxy groups -OCH3 is 2. The summed E-state index contributed by atoms with van der Waals surface area (Å²) in [7, 11) is 3.33. The fraction of sp³-hybridized carbons (Fsp3) is 0.400. The van der Waals surface area contributed by atoms with Crippen molar-refractivity contribution in [1.29, 1.82) is 0 Å². The highest BCUT2D eigenvalue weighted by atomic mass is 32.1. The third-order valence-electron chi connectivity index (χ3n) is 7.40. The minimum atomic E-state index is -0.190. The van der Waals surface area contributed by atoms with E-state index >= 15 is 0 Å². The number of nitrogens with zero attached hydrogens (tertiary/aromatic N) is 1. The van der Waals surface area contributed by atoms with Crippen molar-refractivity contribution in [3.63, 3.8) is 0 Å². The first-order valence-electron chi connectivity index (χ1n) is 13.1. The van der Waals surface area contributed by atoms with Gasteiger partial charge in [0.05, 0.1) is 19.9 Å². The molecular weight excluding hydrogens is 482 g/mol. The summed E-state index contributed by atoms with van der Waals surface area (Å²) in [5.74, 6) is 2.05. The molecule has 0 saturated heterocycles. The number of nitrogens with one attached hydrogen (secondary N) is 2. The lowest BCUT2D eigenvalue weighted by Crippen LogP contribution is -2.12. The van der Waals surface area contributed by atoms with E-state index in [1.165, 1.54) is 37.7 Å². The molecule has 1 fully saturated rings. The number of carbonyl (C=O) groups excluding carboxylic acids is 1. The van der Waals surface area contributed by atoms with Crippen molar-refractivity contribution in [2.45, 2.75) is 58.8 Å². The van der Waals surface area contributed by atoms with E-state index in [4.69, 9.17) is 14.5 Å². The van der Waals surface area contributed by atoms with Crippen LogP contribution in [0.15, 0.2) is 36.4 Å². The Balaban J connectivity index is 1.46. The average Bonchev–Trinajstić information content (AvgIpc) is 3.52. The van der Waals surface area contributed by atoms with Gasteiger partial charge in [-0.2, -0.15) is 0 Å². The highest BCUT2D eigenvalue weighted by Gasteiger charge is 2.22. The van der Waals surface area contributed by atoms with Gasteiger partial charge < -0.3 is 14.5 Å². The molecule has 6 nitrogen and oxygen atoms in total. The van der Waals surface area contributed by atoms with E-state index in [1.807, 2.05) is 24.3 Å². The standard InChI is InChI=1S/C30H35N3O3S/c1-18-14-19(2)27-21(15-18)16-24(31-27)29(34)33-30-32-28(23-17-22(35-3)11-12-25(23)36-4)26(37-30)13-10-20-8-6-5-7-9-20/h11-12,14-17,20,31H,5-10,13H2,1-4H3,(H,32,33,34). The topological polar surface area (TPSA) is 76.2 Å². The van der Waals surface area contributed by atoms with Crippen LogP contribution >= 0.6 is 11.3 Å². The summed E-state index contributed by atoms with van der Waals surface area (Å²) in [6.07, 6.45) is 8.68. The quantitative estimate of drug-likeness (QED) is 0.251. The van der Waals surface area contributed by atoms with Gasteiger partial charge in [-0.25, -0.2) is 4.98 Å². The monoisotopic (exact) mass is 517 g/mol. The molecule has 5 rings (SSSR count). The fourth-order valence-electron chi connectivity index (χ4n) is 5.49. The van der Waals surface area contributed by atoms with E-state index in [1.54, 1.807) is 25.6 Å². The molecule has 2 aromatic carbocycles. The van der Waals surface area contributed by atoms with Gasteiger partial charge in [-0.3, -0.25) is 10.1 Å². The molecule has 4 aromatic rings. The Labute approximate surface area is 222 Å². The zero-order chi connectivity index (χ0) is 25.9. The van der Waals surface area contributed by atoms with Crippen LogP contribution in [0.3, 0.4) is 0 Å². The van der Waals surface area contributed by atoms with Gasteiger partial charge in [-0.15, -0.1) is 11.3 Å². The van der Waals surface area contributed by atoms with Crippen LogP contribution in [0.25, 0.3) is 22.2 Å². The number of benzene rings is 2. The van der Waals surface area contributed by atoms with Crippen LogP contribution < -0.4 is 14.8 Å². The number of aromatic amines is 1. The Hall–Kier alpha value is -3.32. The third kappa shape index (κ3) is 5.52. The molecule has 0 aliphatic heterocycles. The van der Waals surface area contributed by atoms with Gasteiger partial charge in [0.15, 0.2) is 5.13 Å². The molecule has 37 heavy (non-hydrogen) atoms. The smallest absolute Gasteiger partial charge is 0.273 e. The Morgan fingerprint density at radius 2 is 1.89 bits per heavy atom. The number of fused-ring (bicyclic) bond motifs is 1. The molecule has 2 aromatic heterocycles. The van der Waals surface area contributed by atoms with Crippen LogP contribution in [-0.4, -0.2) is 30.1 Å². The predicted octanol–water partition coefficient (Wildman–Crippen LogP) is 7.69. The van der Waals surface area contributed by atoms with E-state index in [0.29, 0.717) is 10.8 Å². The van der Waals surface area contributed by atoms with Crippen LogP contribution in [0.5, 0.6) is 11.5 Å². The Morgan fingerprint density at radius 3 is 2.65 bits per heavy atom. The van der Waals surface area contributed by atoms with Crippen molar-refractivity contribution >= 4 is 33.3 Å². The SMILES string of the molecule is COc1ccc(OC)c(-c2nc(NC(=O)c3cc4cc(C)cc(C)c4[nH]3)sc2CCC2CCCCC2)c1. The van der Waals surface area contributed by atoms with Crippen LogP contribution in [0, 0.1) is 19.8 Å². The van der Waals surface area contributed by atoms with Crippen molar-refractivity contribution in [3.05, 3.63) is 58.1 Å². The first-order valence-corrected chi connectivity index (χ1v) is 13.9. The van der Waals surface area contributed by atoms with Gasteiger partial charge in [0.25, 0.3) is 5.91 Å². The number of aryl methyl sites for hydroxylation is 3. The fourth-order valence-corrected chi connectivity index (χ4v) is 6.48. The van der Waals surface area contributed by atoms with E-state index in [2.05, 4.69) is 36.3 Å². The van der Waals surface area contributed by atoms with Crippen LogP contribution in [-0.2, 0) is 6.42 Å². The number of rotatable bonds is 8. The van der Waals surface area contributed by atoms with Crippen LogP contribution in [0.2, 0.25) is 0 Å². The summed E-state index contributed by atoms with van der Waals surface area (Å²) in [4.78, 5) is 22.6. The van der Waals surface area contributed by atoms with Gasteiger partial charge in [-0.1, -0.05) is 43.7 Å². The summed E-state index contributed by atoms with van der Waals surface area (Å²) in [6.45, 7) is 4.12. The van der Waals surface area contributed by atoms with E-state index < -0.39 is 0 Å². The Bertz CT molecular complexity index is 1420. The largest absolute Gasteiger partial charge is 0.497 e. The molecule has 7 heteroatoms. The van der Waals surface area contributed by atoms with E-state index in [0.717, 1.165) is 62.9 Å². The molecule has 1 aliphatic rings. The first-order chi connectivity index (χ1) is 17.9. The molecule has 2 N–H and O–H groups in total. The molecule has 0 bridgehead atoms. The molecule has 0 atom stereocenters. The van der Waals surface area contributed by atoms with E-state index in [-0.39, 0.29) is 5.91 Å². The molecule has 194 valence electrons. The van der Waals surface area contributed by atoms with Gasteiger partial charge in [0.2, 0.25) is 0 Å². The van der Waals surface area contributed by atoms with Crippen molar-refractivity contribution in [1.82, 2.24) is 9.97 Å². The van der Waals surface area contributed by atoms with E-state index in [9.17, 15) is 4.79 Å². The number of H-pyrrole nitrogens is 1. The number of thiazole rings is 1. The Morgan fingerprint density at radius 1 is 1.08 bits per heavy atom. The number of anilines is 1. The molecule has 0 unspecified atom stereocenters. The zero-order valence-corrected chi connectivity index (χ0v) is 22.9. The van der Waals surface area contributed by atoms with Gasteiger partial charge in [0, 0.05) is 21.3 Å². The second-order valence-electron chi connectivity index (χ2n) is 10.1. The van der Waals surface area contributed by atoms with Crippen LogP contribution in [0.1, 0.15) is 65.0 Å². The van der Waals surface area contributed by atoms with Gasteiger partial charge >= 0.3 is 0 Å². The normalized spacial score (nSPS) is 14.2. The van der Waals surface area contributed by atoms with Crippen molar-refractivity contribution in [3.8, 4) is 22.8 Å². The minimum Gasteiger partial charge on any atom is -0.497 e. The van der Waals surface area contributed by atoms with Crippen molar-refractivity contribution in [2.75, 3.05) is 19.5 Å². The lowest BCUT2D eigenvalue weighted by molar-refractivity contribution is 0.102. The number of aromatic nitrogens is 2. The lowest BCUT2D eigenvalue weighted by Gasteiger charge is -2.21. The summed E-state index contributed by atoms with van der Waals surface area (Å²) < 4.78 is 11.2. The van der Waals surface area contributed by atoms with Gasteiger partial charge in [0.1, 0.15) is 17.2 Å². The summed E-state index contributed by atoms with van der Waals surface area (Å²) in [5.41, 5.74) is 5.56. The zero-order valence-electron chi connectivity index (χ0n) is 22.1. The average molecular weight is 518 g/mol. The number of hydrogen-bond donors (Lipinski definition) is 2.